The molecule has 0 unspecified atom stereocenters. The van der Waals surface area contributed by atoms with Gasteiger partial charge in [0.15, 0.2) is 0 Å². The molecule has 7 heteroatoms. The van der Waals surface area contributed by atoms with Gasteiger partial charge in [0.05, 0.1) is 18.0 Å². The fraction of sp³-hybridized carbons (Fsp3) is 0.444. The first-order valence-corrected chi connectivity index (χ1v) is 5.47. The Balaban J connectivity index is 2.55. The van der Waals surface area contributed by atoms with Crippen LogP contribution in [-0.4, -0.2) is 36.6 Å². The Kier molecular flexibility index (Phi) is 4.97. The van der Waals surface area contributed by atoms with Gasteiger partial charge in [0.25, 0.3) is 0 Å². The molecule has 1 aromatic rings. The van der Waals surface area contributed by atoms with E-state index in [1.54, 1.807) is 13.2 Å². The second-order valence-corrected chi connectivity index (χ2v) is 3.75. The largest absolute Gasteiger partial charge is 0.469 e. The molecule has 16 heavy (non-hydrogen) atoms. The summed E-state index contributed by atoms with van der Waals surface area (Å²) in [5.74, 6) is 0.901. The van der Waals surface area contributed by atoms with E-state index in [2.05, 4.69) is 41.3 Å². The molecule has 0 fully saturated rings. The summed E-state index contributed by atoms with van der Waals surface area (Å²) < 4.78 is 5.27. The van der Waals surface area contributed by atoms with Crippen molar-refractivity contribution < 1.29 is 9.53 Å². The van der Waals surface area contributed by atoms with E-state index in [1.165, 1.54) is 7.11 Å². The molecule has 0 aliphatic carbocycles. The van der Waals surface area contributed by atoms with E-state index in [0.29, 0.717) is 24.7 Å². The number of carbonyl (C=O) groups is 1. The number of halogens is 1. The van der Waals surface area contributed by atoms with Crippen LogP contribution in [0.2, 0.25) is 0 Å². The number of hydrogen-bond acceptors (Lipinski definition) is 6. The van der Waals surface area contributed by atoms with Gasteiger partial charge in [-0.15, -0.1) is 0 Å². The lowest BCUT2D eigenvalue weighted by molar-refractivity contribution is -0.140. The summed E-state index contributed by atoms with van der Waals surface area (Å²) in [5, 5.41) is 5.84. The summed E-state index contributed by atoms with van der Waals surface area (Å²) >= 11 is 3.31. The van der Waals surface area contributed by atoms with Gasteiger partial charge < -0.3 is 15.4 Å². The van der Waals surface area contributed by atoms with Crippen LogP contribution < -0.4 is 10.6 Å². The highest BCUT2D eigenvalue weighted by atomic mass is 79.9. The van der Waals surface area contributed by atoms with Crippen molar-refractivity contribution in [2.24, 2.45) is 0 Å². The number of esters is 1. The van der Waals surface area contributed by atoms with Crippen molar-refractivity contribution in [1.29, 1.82) is 0 Å². The van der Waals surface area contributed by atoms with Gasteiger partial charge in [-0.05, 0) is 15.9 Å². The van der Waals surface area contributed by atoms with Crippen LogP contribution in [0.5, 0.6) is 0 Å². The molecule has 1 aromatic heterocycles. The van der Waals surface area contributed by atoms with Crippen molar-refractivity contribution in [3.63, 3.8) is 0 Å². The maximum absolute atomic E-state index is 10.9. The van der Waals surface area contributed by atoms with Crippen molar-refractivity contribution in [1.82, 2.24) is 9.97 Å². The molecule has 0 aromatic carbocycles. The Morgan fingerprint density at radius 1 is 1.62 bits per heavy atom. The number of nitrogens with one attached hydrogen (secondary N) is 2. The Hall–Kier alpha value is -1.37. The molecule has 0 saturated carbocycles. The number of carbonyl (C=O) groups excluding carboxylic acids is 1. The van der Waals surface area contributed by atoms with Crippen LogP contribution >= 0.6 is 15.9 Å². The summed E-state index contributed by atoms with van der Waals surface area (Å²) in [6, 6.07) is 0. The van der Waals surface area contributed by atoms with Crippen LogP contribution in [0.4, 0.5) is 11.8 Å². The molecule has 88 valence electrons. The SMILES string of the molecule is CNc1ncc(Br)c(NCCC(=O)OC)n1. The van der Waals surface area contributed by atoms with Crippen molar-refractivity contribution in [3.05, 3.63) is 10.7 Å². The molecule has 0 amide bonds. The average Bonchev–Trinajstić information content (AvgIpc) is 2.31. The first-order chi connectivity index (χ1) is 7.67. The third-order valence-electron chi connectivity index (χ3n) is 1.82. The number of ether oxygens (including phenoxy) is 1. The van der Waals surface area contributed by atoms with E-state index in [0.717, 1.165) is 4.47 Å². The number of rotatable bonds is 5. The van der Waals surface area contributed by atoms with E-state index in [9.17, 15) is 4.79 Å². The number of methoxy groups -OCH3 is 1. The molecule has 1 heterocycles. The number of anilines is 2. The van der Waals surface area contributed by atoms with Gasteiger partial charge in [0.2, 0.25) is 5.95 Å². The predicted molar refractivity (Wildman–Crippen MR) is 64.4 cm³/mol. The van der Waals surface area contributed by atoms with E-state index in [1.807, 2.05) is 0 Å². The first kappa shape index (κ1) is 12.7. The smallest absolute Gasteiger partial charge is 0.307 e. The third-order valence-corrected chi connectivity index (χ3v) is 2.40. The zero-order valence-corrected chi connectivity index (χ0v) is 10.7. The third kappa shape index (κ3) is 3.65. The van der Waals surface area contributed by atoms with Crippen molar-refractivity contribution in [2.75, 3.05) is 31.3 Å². The minimum Gasteiger partial charge on any atom is -0.469 e. The van der Waals surface area contributed by atoms with Crippen molar-refractivity contribution in [3.8, 4) is 0 Å². The van der Waals surface area contributed by atoms with Gasteiger partial charge in [-0.25, -0.2) is 4.98 Å². The van der Waals surface area contributed by atoms with Crippen LogP contribution in [-0.2, 0) is 9.53 Å². The summed E-state index contributed by atoms with van der Waals surface area (Å²) in [4.78, 5) is 19.1. The maximum Gasteiger partial charge on any atom is 0.307 e. The molecule has 6 nitrogen and oxygen atoms in total. The number of hydrogen-bond donors (Lipinski definition) is 2. The van der Waals surface area contributed by atoms with Gasteiger partial charge in [-0.1, -0.05) is 0 Å². The minimum absolute atomic E-state index is 0.258. The molecule has 0 aliphatic heterocycles. The lowest BCUT2D eigenvalue weighted by Crippen LogP contribution is -2.11. The minimum atomic E-state index is -0.258. The fourth-order valence-corrected chi connectivity index (χ4v) is 1.33. The molecule has 0 atom stereocenters. The summed E-state index contributed by atoms with van der Waals surface area (Å²) in [6.45, 7) is 0.464. The van der Waals surface area contributed by atoms with Gasteiger partial charge >= 0.3 is 5.97 Å². The lowest BCUT2D eigenvalue weighted by Gasteiger charge is -2.07. The summed E-state index contributed by atoms with van der Waals surface area (Å²) in [5.41, 5.74) is 0. The van der Waals surface area contributed by atoms with Crippen LogP contribution in [0.15, 0.2) is 10.7 Å². The highest BCUT2D eigenvalue weighted by Crippen LogP contribution is 2.19. The zero-order chi connectivity index (χ0) is 12.0. The molecule has 0 bridgehead atoms. The van der Waals surface area contributed by atoms with Crippen LogP contribution in [0.3, 0.4) is 0 Å². The Morgan fingerprint density at radius 2 is 2.38 bits per heavy atom. The van der Waals surface area contributed by atoms with Crippen molar-refractivity contribution in [2.45, 2.75) is 6.42 Å². The monoisotopic (exact) mass is 288 g/mol. The number of aromatic nitrogens is 2. The van der Waals surface area contributed by atoms with Gasteiger partial charge in [0.1, 0.15) is 5.82 Å². The van der Waals surface area contributed by atoms with Crippen LogP contribution in [0.25, 0.3) is 0 Å². The molecule has 0 aliphatic rings. The molecule has 0 spiro atoms. The fourth-order valence-electron chi connectivity index (χ4n) is 0.997. The molecule has 1 rings (SSSR count). The van der Waals surface area contributed by atoms with Gasteiger partial charge in [0, 0.05) is 19.8 Å². The van der Waals surface area contributed by atoms with Crippen molar-refractivity contribution >= 4 is 33.7 Å². The first-order valence-electron chi connectivity index (χ1n) is 4.68. The molecule has 0 radical (unpaired) electrons. The van der Waals surface area contributed by atoms with E-state index in [-0.39, 0.29) is 5.97 Å². The van der Waals surface area contributed by atoms with E-state index in [4.69, 9.17) is 0 Å². The molecular formula is C9H13BrN4O2. The zero-order valence-electron chi connectivity index (χ0n) is 9.08. The standard InChI is InChI=1S/C9H13BrN4O2/c1-11-9-13-5-6(10)8(14-9)12-4-3-7(15)16-2/h5H,3-4H2,1-2H3,(H2,11,12,13,14). The Labute approximate surface area is 102 Å². The molecule has 0 saturated heterocycles. The van der Waals surface area contributed by atoms with E-state index >= 15 is 0 Å². The highest BCUT2D eigenvalue weighted by molar-refractivity contribution is 9.10. The maximum atomic E-state index is 10.9. The average molecular weight is 289 g/mol. The van der Waals surface area contributed by atoms with Crippen LogP contribution in [0.1, 0.15) is 6.42 Å². The van der Waals surface area contributed by atoms with Gasteiger partial charge in [-0.2, -0.15) is 4.98 Å². The van der Waals surface area contributed by atoms with Gasteiger partial charge in [-0.3, -0.25) is 4.79 Å². The van der Waals surface area contributed by atoms with E-state index < -0.39 is 0 Å². The summed E-state index contributed by atoms with van der Waals surface area (Å²) in [6.07, 6.45) is 1.93. The molecule has 2 N–H and O–H groups in total. The second kappa shape index (κ2) is 6.26. The quantitative estimate of drug-likeness (QED) is 0.795. The number of nitrogens with zero attached hydrogens (tertiary/aromatic N) is 2. The normalized spacial score (nSPS) is 9.69. The molecular weight excluding hydrogens is 276 g/mol. The Bertz CT molecular complexity index is 373. The summed E-state index contributed by atoms with van der Waals surface area (Å²) in [7, 11) is 3.10. The lowest BCUT2D eigenvalue weighted by atomic mass is 10.4. The second-order valence-electron chi connectivity index (χ2n) is 2.89. The highest BCUT2D eigenvalue weighted by Gasteiger charge is 2.05. The topological polar surface area (TPSA) is 76.1 Å². The van der Waals surface area contributed by atoms with Crippen LogP contribution in [0, 0.1) is 0 Å². The predicted octanol–water partition coefficient (Wildman–Crippen LogP) is 1.26. The Morgan fingerprint density at radius 3 is 3.00 bits per heavy atom.